The first kappa shape index (κ1) is 12.4. The molecule has 1 aliphatic heterocycles. The van der Waals surface area contributed by atoms with Crippen LogP contribution in [0.25, 0.3) is 0 Å². The van der Waals surface area contributed by atoms with E-state index in [-0.39, 0.29) is 0 Å². The molecule has 1 aliphatic carbocycles. The highest BCUT2D eigenvalue weighted by Gasteiger charge is 2.24. The number of nitrogens with one attached hydrogen (secondary N) is 1. The molecular weight excluding hydrogens is 242 g/mol. The first-order chi connectivity index (χ1) is 8.86. The van der Waals surface area contributed by atoms with E-state index in [9.17, 15) is 0 Å². The summed E-state index contributed by atoms with van der Waals surface area (Å²) in [5.74, 6) is 3.58. The number of methoxy groups -OCH3 is 1. The van der Waals surface area contributed by atoms with Gasteiger partial charge in [0.2, 0.25) is 0 Å². The quantitative estimate of drug-likeness (QED) is 0.905. The lowest BCUT2D eigenvalue weighted by atomic mass is 9.87. The average Bonchev–Trinajstić information content (AvgIpc) is 2.91. The summed E-state index contributed by atoms with van der Waals surface area (Å²) in [6.45, 7) is 0. The first-order valence-corrected chi connectivity index (χ1v) is 8.03. The molecular formula is C15H21NOS. The van der Waals surface area contributed by atoms with Gasteiger partial charge in [-0.3, -0.25) is 0 Å². The fourth-order valence-electron chi connectivity index (χ4n) is 3.03. The molecule has 1 fully saturated rings. The van der Waals surface area contributed by atoms with Crippen molar-refractivity contribution in [2.45, 2.75) is 37.8 Å². The summed E-state index contributed by atoms with van der Waals surface area (Å²) in [5, 5.41) is 3.85. The van der Waals surface area contributed by atoms with Gasteiger partial charge >= 0.3 is 0 Å². The van der Waals surface area contributed by atoms with Gasteiger partial charge < -0.3 is 10.1 Å². The second kappa shape index (κ2) is 5.54. The summed E-state index contributed by atoms with van der Waals surface area (Å²) in [5.41, 5.74) is 2.97. The van der Waals surface area contributed by atoms with E-state index in [1.165, 1.54) is 48.3 Å². The van der Waals surface area contributed by atoms with Crippen LogP contribution in [-0.2, 0) is 6.42 Å². The largest absolute Gasteiger partial charge is 0.497 e. The van der Waals surface area contributed by atoms with Gasteiger partial charge in [0.05, 0.1) is 7.11 Å². The van der Waals surface area contributed by atoms with Crippen molar-refractivity contribution in [3.63, 3.8) is 0 Å². The molecule has 0 spiro atoms. The lowest BCUT2D eigenvalue weighted by Crippen LogP contribution is -2.34. The normalized spacial score (nSPS) is 26.9. The smallest absolute Gasteiger partial charge is 0.119 e. The molecule has 98 valence electrons. The second-order valence-electron chi connectivity index (χ2n) is 5.24. The summed E-state index contributed by atoms with van der Waals surface area (Å²) in [6, 6.07) is 7.80. The topological polar surface area (TPSA) is 21.3 Å². The molecule has 3 heteroatoms. The van der Waals surface area contributed by atoms with Gasteiger partial charge in [-0.2, -0.15) is 11.8 Å². The van der Waals surface area contributed by atoms with Crippen molar-refractivity contribution in [3.05, 3.63) is 29.3 Å². The molecule has 1 heterocycles. The first-order valence-electron chi connectivity index (χ1n) is 6.87. The third-order valence-electron chi connectivity index (χ3n) is 4.03. The third kappa shape index (κ3) is 2.52. The fourth-order valence-corrected chi connectivity index (χ4v) is 4.19. The molecule has 2 unspecified atom stereocenters. The van der Waals surface area contributed by atoms with Crippen LogP contribution in [-0.4, -0.2) is 24.7 Å². The van der Waals surface area contributed by atoms with Gasteiger partial charge in [-0.15, -0.1) is 0 Å². The van der Waals surface area contributed by atoms with Gasteiger partial charge in [0.25, 0.3) is 0 Å². The van der Waals surface area contributed by atoms with Crippen LogP contribution in [0.1, 0.15) is 36.4 Å². The van der Waals surface area contributed by atoms with Crippen LogP contribution in [0.3, 0.4) is 0 Å². The average molecular weight is 263 g/mol. The number of thioether (sulfide) groups is 1. The van der Waals surface area contributed by atoms with Crippen LogP contribution >= 0.6 is 11.8 Å². The summed E-state index contributed by atoms with van der Waals surface area (Å²) >= 11 is 2.07. The van der Waals surface area contributed by atoms with Gasteiger partial charge in [-0.05, 0) is 54.7 Å². The minimum Gasteiger partial charge on any atom is -0.497 e. The van der Waals surface area contributed by atoms with E-state index in [4.69, 9.17) is 4.74 Å². The number of hydrogen-bond donors (Lipinski definition) is 1. The van der Waals surface area contributed by atoms with Crippen molar-refractivity contribution in [2.75, 3.05) is 18.6 Å². The van der Waals surface area contributed by atoms with Crippen LogP contribution in [0.15, 0.2) is 18.2 Å². The van der Waals surface area contributed by atoms with Gasteiger partial charge in [0.15, 0.2) is 0 Å². The SMILES string of the molecule is COc1ccc2c(c1)C(NC1CCSC1)CCC2. The zero-order chi connectivity index (χ0) is 12.4. The van der Waals surface area contributed by atoms with Crippen LogP contribution in [0, 0.1) is 0 Å². The zero-order valence-electron chi connectivity index (χ0n) is 10.9. The summed E-state index contributed by atoms with van der Waals surface area (Å²) in [7, 11) is 1.75. The van der Waals surface area contributed by atoms with Crippen LogP contribution in [0.2, 0.25) is 0 Å². The summed E-state index contributed by atoms with van der Waals surface area (Å²) < 4.78 is 5.37. The van der Waals surface area contributed by atoms with Crippen molar-refractivity contribution in [3.8, 4) is 5.75 Å². The van der Waals surface area contributed by atoms with Crippen molar-refractivity contribution >= 4 is 11.8 Å². The molecule has 18 heavy (non-hydrogen) atoms. The Morgan fingerprint density at radius 1 is 1.33 bits per heavy atom. The van der Waals surface area contributed by atoms with Crippen molar-refractivity contribution in [1.29, 1.82) is 0 Å². The predicted molar refractivity (Wildman–Crippen MR) is 77.5 cm³/mol. The maximum Gasteiger partial charge on any atom is 0.119 e. The minimum atomic E-state index is 0.535. The van der Waals surface area contributed by atoms with E-state index < -0.39 is 0 Å². The van der Waals surface area contributed by atoms with Crippen LogP contribution in [0.5, 0.6) is 5.75 Å². The second-order valence-corrected chi connectivity index (χ2v) is 6.39. The highest BCUT2D eigenvalue weighted by atomic mass is 32.2. The number of benzene rings is 1. The molecule has 1 N–H and O–H groups in total. The molecule has 0 aromatic heterocycles. The number of ether oxygens (including phenoxy) is 1. The zero-order valence-corrected chi connectivity index (χ0v) is 11.8. The Morgan fingerprint density at radius 2 is 2.28 bits per heavy atom. The molecule has 0 amide bonds. The van der Waals surface area contributed by atoms with E-state index in [2.05, 4.69) is 35.3 Å². The molecule has 1 aromatic rings. The van der Waals surface area contributed by atoms with E-state index in [1.807, 2.05) is 0 Å². The Morgan fingerprint density at radius 3 is 3.06 bits per heavy atom. The van der Waals surface area contributed by atoms with Crippen molar-refractivity contribution in [1.82, 2.24) is 5.32 Å². The van der Waals surface area contributed by atoms with Gasteiger partial charge in [-0.25, -0.2) is 0 Å². The Labute approximate surface area is 113 Å². The van der Waals surface area contributed by atoms with Crippen molar-refractivity contribution < 1.29 is 4.74 Å². The molecule has 2 atom stereocenters. The van der Waals surface area contributed by atoms with Gasteiger partial charge in [-0.1, -0.05) is 6.07 Å². The minimum absolute atomic E-state index is 0.535. The molecule has 0 bridgehead atoms. The highest BCUT2D eigenvalue weighted by molar-refractivity contribution is 7.99. The number of rotatable bonds is 3. The molecule has 2 nitrogen and oxygen atoms in total. The monoisotopic (exact) mass is 263 g/mol. The maximum absolute atomic E-state index is 5.37. The number of aryl methyl sites for hydroxylation is 1. The number of fused-ring (bicyclic) bond motifs is 1. The van der Waals surface area contributed by atoms with E-state index in [1.54, 1.807) is 7.11 Å². The van der Waals surface area contributed by atoms with E-state index in [0.29, 0.717) is 12.1 Å². The molecule has 0 saturated carbocycles. The lowest BCUT2D eigenvalue weighted by molar-refractivity contribution is 0.397. The predicted octanol–water partition coefficient (Wildman–Crippen LogP) is 3.17. The molecule has 3 rings (SSSR count). The highest BCUT2D eigenvalue weighted by Crippen LogP contribution is 2.33. The van der Waals surface area contributed by atoms with E-state index >= 15 is 0 Å². The molecule has 1 aromatic carbocycles. The Kier molecular flexibility index (Phi) is 3.80. The molecule has 0 radical (unpaired) electrons. The maximum atomic E-state index is 5.37. The number of hydrogen-bond acceptors (Lipinski definition) is 3. The van der Waals surface area contributed by atoms with Crippen molar-refractivity contribution in [2.24, 2.45) is 0 Å². The Balaban J connectivity index is 1.80. The van der Waals surface area contributed by atoms with Crippen LogP contribution < -0.4 is 10.1 Å². The van der Waals surface area contributed by atoms with Gasteiger partial charge in [0.1, 0.15) is 5.75 Å². The summed E-state index contributed by atoms with van der Waals surface area (Å²) in [4.78, 5) is 0. The van der Waals surface area contributed by atoms with Crippen LogP contribution in [0.4, 0.5) is 0 Å². The van der Waals surface area contributed by atoms with Gasteiger partial charge in [0, 0.05) is 17.8 Å². The third-order valence-corrected chi connectivity index (χ3v) is 5.20. The lowest BCUT2D eigenvalue weighted by Gasteiger charge is -2.29. The molecule has 1 saturated heterocycles. The summed E-state index contributed by atoms with van der Waals surface area (Å²) in [6.07, 6.45) is 5.11. The standard InChI is InChI=1S/C15H21NOS/c1-17-13-6-5-11-3-2-4-15(14(11)9-13)16-12-7-8-18-10-12/h5-6,9,12,15-16H,2-4,7-8,10H2,1H3. The fraction of sp³-hybridized carbons (Fsp3) is 0.600. The van der Waals surface area contributed by atoms with E-state index in [0.717, 1.165) is 5.75 Å². The Hall–Kier alpha value is -0.670. The Bertz CT molecular complexity index is 415. The molecule has 2 aliphatic rings.